The Balaban J connectivity index is 1.36. The molecule has 2 aromatic carbocycles. The van der Waals surface area contributed by atoms with Crippen LogP contribution in [0.1, 0.15) is 23.2 Å². The SMILES string of the molecule is O=C(NCCNC(=O)c1ccc(NC(=O)C2CC2)cc1)Nc1cccc(Cl)c1. The van der Waals surface area contributed by atoms with E-state index < -0.39 is 0 Å². The molecule has 3 rings (SSSR count). The number of urea groups is 1. The molecule has 0 saturated heterocycles. The van der Waals surface area contributed by atoms with Crippen LogP contribution in [0.5, 0.6) is 0 Å². The van der Waals surface area contributed by atoms with Crippen molar-refractivity contribution in [3.05, 3.63) is 59.1 Å². The van der Waals surface area contributed by atoms with Gasteiger partial charge in [0.15, 0.2) is 0 Å². The second-order valence-corrected chi connectivity index (χ2v) is 6.92. The Morgan fingerprint density at radius 1 is 0.893 bits per heavy atom. The molecule has 4 amide bonds. The quantitative estimate of drug-likeness (QED) is 0.537. The summed E-state index contributed by atoms with van der Waals surface area (Å²) in [5.74, 6) is -0.0944. The zero-order valence-electron chi connectivity index (χ0n) is 15.1. The van der Waals surface area contributed by atoms with E-state index in [0.29, 0.717) is 22.0 Å². The molecular weight excluding hydrogens is 380 g/mol. The fourth-order valence-electron chi connectivity index (χ4n) is 2.49. The lowest BCUT2D eigenvalue weighted by Crippen LogP contribution is -2.36. The van der Waals surface area contributed by atoms with Crippen LogP contribution in [-0.2, 0) is 4.79 Å². The summed E-state index contributed by atoms with van der Waals surface area (Å²) in [6.07, 6.45) is 1.88. The van der Waals surface area contributed by atoms with Gasteiger partial charge in [0, 0.05) is 41.0 Å². The minimum atomic E-state index is -0.382. The number of carbonyl (C=O) groups is 3. The molecule has 7 nitrogen and oxygen atoms in total. The minimum Gasteiger partial charge on any atom is -0.350 e. The lowest BCUT2D eigenvalue weighted by molar-refractivity contribution is -0.117. The van der Waals surface area contributed by atoms with E-state index in [1.807, 2.05) is 0 Å². The van der Waals surface area contributed by atoms with Gasteiger partial charge in [-0.25, -0.2) is 4.79 Å². The Morgan fingerprint density at radius 2 is 1.61 bits per heavy atom. The summed E-state index contributed by atoms with van der Waals surface area (Å²) in [6, 6.07) is 13.1. The van der Waals surface area contributed by atoms with Crippen LogP contribution in [0.25, 0.3) is 0 Å². The summed E-state index contributed by atoms with van der Waals surface area (Å²) in [4.78, 5) is 35.7. The molecule has 0 unspecified atom stereocenters. The Bertz CT molecular complexity index is 866. The van der Waals surface area contributed by atoms with E-state index in [9.17, 15) is 14.4 Å². The fraction of sp³-hybridized carbons (Fsp3) is 0.250. The monoisotopic (exact) mass is 400 g/mol. The van der Waals surface area contributed by atoms with E-state index in [1.165, 1.54) is 0 Å². The molecule has 0 aliphatic heterocycles. The van der Waals surface area contributed by atoms with Gasteiger partial charge in [-0.2, -0.15) is 0 Å². The van der Waals surface area contributed by atoms with E-state index in [2.05, 4.69) is 21.3 Å². The number of amides is 4. The lowest BCUT2D eigenvalue weighted by atomic mass is 10.2. The van der Waals surface area contributed by atoms with Crippen molar-refractivity contribution in [2.24, 2.45) is 5.92 Å². The van der Waals surface area contributed by atoms with E-state index in [0.717, 1.165) is 12.8 Å². The summed E-state index contributed by atoms with van der Waals surface area (Å²) in [5, 5.41) is 11.4. The fourth-order valence-corrected chi connectivity index (χ4v) is 2.68. The largest absolute Gasteiger partial charge is 0.350 e. The molecule has 0 radical (unpaired) electrons. The van der Waals surface area contributed by atoms with Crippen LogP contribution in [0.2, 0.25) is 5.02 Å². The molecule has 0 aromatic heterocycles. The van der Waals surface area contributed by atoms with E-state index >= 15 is 0 Å². The number of anilines is 2. The second kappa shape index (κ2) is 9.23. The molecule has 8 heteroatoms. The van der Waals surface area contributed by atoms with Crippen LogP contribution in [-0.4, -0.2) is 30.9 Å². The highest BCUT2D eigenvalue weighted by molar-refractivity contribution is 6.30. The Kier molecular flexibility index (Phi) is 6.49. The van der Waals surface area contributed by atoms with Gasteiger partial charge in [0.25, 0.3) is 5.91 Å². The van der Waals surface area contributed by atoms with Crippen LogP contribution < -0.4 is 21.3 Å². The minimum absolute atomic E-state index is 0.0272. The zero-order chi connectivity index (χ0) is 19.9. The van der Waals surface area contributed by atoms with Crippen molar-refractivity contribution in [2.45, 2.75) is 12.8 Å². The molecule has 4 N–H and O–H groups in total. The molecular formula is C20H21ClN4O3. The molecule has 0 heterocycles. The summed E-state index contributed by atoms with van der Waals surface area (Å²) in [7, 11) is 0. The molecule has 0 spiro atoms. The molecule has 28 heavy (non-hydrogen) atoms. The Morgan fingerprint density at radius 3 is 2.29 bits per heavy atom. The summed E-state index contributed by atoms with van der Waals surface area (Å²) in [5.41, 5.74) is 1.74. The summed E-state index contributed by atoms with van der Waals surface area (Å²) < 4.78 is 0. The van der Waals surface area contributed by atoms with Gasteiger partial charge in [0.05, 0.1) is 0 Å². The van der Waals surface area contributed by atoms with E-state index in [1.54, 1.807) is 48.5 Å². The van der Waals surface area contributed by atoms with Gasteiger partial charge in [-0.05, 0) is 55.3 Å². The Hall–Kier alpha value is -3.06. The Labute approximate surface area is 167 Å². The van der Waals surface area contributed by atoms with Crippen LogP contribution in [0, 0.1) is 5.92 Å². The van der Waals surface area contributed by atoms with Gasteiger partial charge in [0.2, 0.25) is 5.91 Å². The van der Waals surface area contributed by atoms with Crippen LogP contribution in [0.3, 0.4) is 0 Å². The number of benzene rings is 2. The summed E-state index contributed by atoms with van der Waals surface area (Å²) in [6.45, 7) is 0.551. The van der Waals surface area contributed by atoms with Gasteiger partial charge >= 0.3 is 6.03 Å². The first-order chi connectivity index (χ1) is 13.5. The van der Waals surface area contributed by atoms with E-state index in [4.69, 9.17) is 11.6 Å². The third kappa shape index (κ3) is 5.99. The number of rotatable bonds is 7. The number of carbonyl (C=O) groups excluding carboxylic acids is 3. The molecule has 1 aliphatic carbocycles. The highest BCUT2D eigenvalue weighted by Crippen LogP contribution is 2.30. The van der Waals surface area contributed by atoms with Crippen LogP contribution >= 0.6 is 11.6 Å². The van der Waals surface area contributed by atoms with E-state index in [-0.39, 0.29) is 36.9 Å². The van der Waals surface area contributed by atoms with Crippen molar-refractivity contribution in [3.63, 3.8) is 0 Å². The van der Waals surface area contributed by atoms with Gasteiger partial charge in [-0.1, -0.05) is 17.7 Å². The van der Waals surface area contributed by atoms with Gasteiger partial charge in [-0.3, -0.25) is 9.59 Å². The van der Waals surface area contributed by atoms with Crippen molar-refractivity contribution < 1.29 is 14.4 Å². The molecule has 1 saturated carbocycles. The van der Waals surface area contributed by atoms with Crippen LogP contribution in [0.4, 0.5) is 16.2 Å². The number of hydrogen-bond donors (Lipinski definition) is 4. The normalized spacial score (nSPS) is 12.8. The standard InChI is InChI=1S/C20H21ClN4O3/c21-15-2-1-3-17(12-15)25-20(28)23-11-10-22-18(26)13-6-8-16(9-7-13)24-19(27)14-4-5-14/h1-3,6-9,12,14H,4-5,10-11H2,(H,22,26)(H,24,27)(H2,23,25,28). The number of hydrogen-bond acceptors (Lipinski definition) is 3. The topological polar surface area (TPSA) is 99.3 Å². The number of nitrogens with one attached hydrogen (secondary N) is 4. The third-order valence-electron chi connectivity index (χ3n) is 4.14. The molecule has 0 bridgehead atoms. The average molecular weight is 401 g/mol. The maximum absolute atomic E-state index is 12.1. The lowest BCUT2D eigenvalue weighted by Gasteiger charge is -2.09. The molecule has 146 valence electrons. The van der Waals surface area contributed by atoms with Gasteiger partial charge < -0.3 is 21.3 Å². The predicted molar refractivity (Wildman–Crippen MR) is 109 cm³/mol. The van der Waals surface area contributed by atoms with Crippen molar-refractivity contribution in [2.75, 3.05) is 23.7 Å². The van der Waals surface area contributed by atoms with Gasteiger partial charge in [-0.15, -0.1) is 0 Å². The maximum Gasteiger partial charge on any atom is 0.319 e. The molecule has 1 aliphatic rings. The van der Waals surface area contributed by atoms with Crippen molar-refractivity contribution in [3.8, 4) is 0 Å². The number of halogens is 1. The highest BCUT2D eigenvalue weighted by atomic mass is 35.5. The van der Waals surface area contributed by atoms with Crippen molar-refractivity contribution in [1.82, 2.24) is 10.6 Å². The van der Waals surface area contributed by atoms with Crippen molar-refractivity contribution in [1.29, 1.82) is 0 Å². The maximum atomic E-state index is 12.1. The smallest absolute Gasteiger partial charge is 0.319 e. The second-order valence-electron chi connectivity index (χ2n) is 6.49. The third-order valence-corrected chi connectivity index (χ3v) is 4.38. The first-order valence-electron chi connectivity index (χ1n) is 9.01. The van der Waals surface area contributed by atoms with Crippen LogP contribution in [0.15, 0.2) is 48.5 Å². The zero-order valence-corrected chi connectivity index (χ0v) is 15.9. The molecule has 0 atom stereocenters. The average Bonchev–Trinajstić information content (AvgIpc) is 3.51. The first kappa shape index (κ1) is 19.7. The molecule has 2 aromatic rings. The summed E-state index contributed by atoms with van der Waals surface area (Å²) >= 11 is 5.86. The van der Waals surface area contributed by atoms with Gasteiger partial charge in [0.1, 0.15) is 0 Å². The van der Waals surface area contributed by atoms with Crippen molar-refractivity contribution >= 4 is 40.8 Å². The molecule has 1 fully saturated rings. The highest BCUT2D eigenvalue weighted by Gasteiger charge is 2.29. The first-order valence-corrected chi connectivity index (χ1v) is 9.38. The predicted octanol–water partition coefficient (Wildman–Crippen LogP) is 3.24.